The fourth-order valence-electron chi connectivity index (χ4n) is 1.68. The van der Waals surface area contributed by atoms with Crippen LogP contribution in [-0.2, 0) is 9.84 Å². The molecule has 124 valence electrons. The molecule has 11 heteroatoms. The van der Waals surface area contributed by atoms with E-state index in [1.54, 1.807) is 0 Å². The zero-order chi connectivity index (χ0) is 17.1. The highest BCUT2D eigenvalue weighted by molar-refractivity contribution is 7.91. The van der Waals surface area contributed by atoms with Gasteiger partial charge in [0, 0.05) is 19.7 Å². The molecule has 0 spiro atoms. The fraction of sp³-hybridized carbons (Fsp3) is 0.455. The summed E-state index contributed by atoms with van der Waals surface area (Å²) in [6.07, 6.45) is -0.713. The van der Waals surface area contributed by atoms with Gasteiger partial charge in [-0.3, -0.25) is 10.1 Å². The van der Waals surface area contributed by atoms with Crippen molar-refractivity contribution in [3.8, 4) is 0 Å². The molecule has 0 radical (unpaired) electrons. The lowest BCUT2D eigenvalue weighted by molar-refractivity contribution is -0.384. The van der Waals surface area contributed by atoms with E-state index >= 15 is 0 Å². The van der Waals surface area contributed by atoms with E-state index in [0.717, 1.165) is 12.1 Å². The van der Waals surface area contributed by atoms with Gasteiger partial charge in [0.15, 0.2) is 0 Å². The Balaban J connectivity index is 3.19. The zero-order valence-corrected chi connectivity index (χ0v) is 12.5. The predicted molar refractivity (Wildman–Crippen MR) is 74.2 cm³/mol. The number of nitrogens with one attached hydrogen (secondary N) is 1. The zero-order valence-electron chi connectivity index (χ0n) is 11.7. The van der Waals surface area contributed by atoms with E-state index in [-0.39, 0.29) is 12.2 Å². The molecular weight excluding hydrogens is 324 g/mol. The van der Waals surface area contributed by atoms with Gasteiger partial charge in [-0.05, 0) is 19.1 Å². The van der Waals surface area contributed by atoms with Crippen LogP contribution in [0.2, 0.25) is 0 Å². The van der Waals surface area contributed by atoms with Gasteiger partial charge in [-0.2, -0.15) is 8.78 Å². The number of nitro groups is 1. The molecule has 0 saturated carbocycles. The van der Waals surface area contributed by atoms with E-state index in [1.165, 1.54) is 19.0 Å². The van der Waals surface area contributed by atoms with Crippen molar-refractivity contribution in [2.45, 2.75) is 23.7 Å². The minimum Gasteiger partial charge on any atom is -0.392 e. The van der Waals surface area contributed by atoms with Crippen molar-refractivity contribution < 1.29 is 27.2 Å². The largest absolute Gasteiger partial charge is 0.392 e. The molecule has 0 aliphatic carbocycles. The van der Waals surface area contributed by atoms with Crippen molar-refractivity contribution in [3.05, 3.63) is 28.3 Å². The summed E-state index contributed by atoms with van der Waals surface area (Å²) < 4.78 is 47.7. The number of halogens is 2. The van der Waals surface area contributed by atoms with Crippen LogP contribution in [0.25, 0.3) is 0 Å². The molecule has 1 aromatic rings. The number of nitro benzene ring substituents is 1. The SMILES string of the molecule is CC(O)CN(C)Nc1ccc(S(=O)(=O)C(F)F)cc1[N+](=O)[O-]. The van der Waals surface area contributed by atoms with Crippen LogP contribution >= 0.6 is 0 Å². The van der Waals surface area contributed by atoms with Gasteiger partial charge in [0.1, 0.15) is 5.69 Å². The second kappa shape index (κ2) is 6.94. The van der Waals surface area contributed by atoms with Crippen LogP contribution in [0.15, 0.2) is 23.1 Å². The number of likely N-dealkylation sites (N-methyl/N-ethyl adjacent to an activating group) is 1. The fourth-order valence-corrected chi connectivity index (χ4v) is 2.42. The van der Waals surface area contributed by atoms with Gasteiger partial charge in [-0.1, -0.05) is 0 Å². The Labute approximate surface area is 125 Å². The molecule has 0 heterocycles. The number of benzene rings is 1. The number of aliphatic hydroxyl groups is 1. The highest BCUT2D eigenvalue weighted by atomic mass is 32.2. The monoisotopic (exact) mass is 339 g/mol. The van der Waals surface area contributed by atoms with Gasteiger partial charge in [0.25, 0.3) is 5.69 Å². The van der Waals surface area contributed by atoms with Gasteiger partial charge < -0.3 is 10.5 Å². The summed E-state index contributed by atoms with van der Waals surface area (Å²) in [5.74, 6) is -3.66. The van der Waals surface area contributed by atoms with Gasteiger partial charge >= 0.3 is 5.76 Å². The van der Waals surface area contributed by atoms with Crippen LogP contribution in [0, 0.1) is 10.1 Å². The molecule has 0 aliphatic rings. The average Bonchev–Trinajstić information content (AvgIpc) is 2.37. The van der Waals surface area contributed by atoms with Crippen molar-refractivity contribution in [1.82, 2.24) is 5.01 Å². The highest BCUT2D eigenvalue weighted by Crippen LogP contribution is 2.29. The summed E-state index contributed by atoms with van der Waals surface area (Å²) >= 11 is 0. The third-order valence-corrected chi connectivity index (χ3v) is 3.96. The van der Waals surface area contributed by atoms with Crippen LogP contribution in [0.3, 0.4) is 0 Å². The lowest BCUT2D eigenvalue weighted by Crippen LogP contribution is -2.32. The van der Waals surface area contributed by atoms with Crippen LogP contribution in [0.5, 0.6) is 0 Å². The average molecular weight is 339 g/mol. The van der Waals surface area contributed by atoms with Crippen molar-refractivity contribution in [3.63, 3.8) is 0 Å². The lowest BCUT2D eigenvalue weighted by Gasteiger charge is -2.20. The molecule has 0 aromatic heterocycles. The van der Waals surface area contributed by atoms with Crippen molar-refractivity contribution in [2.24, 2.45) is 0 Å². The molecule has 1 unspecified atom stereocenters. The third kappa shape index (κ3) is 4.32. The first-order valence-electron chi connectivity index (χ1n) is 6.02. The van der Waals surface area contributed by atoms with Crippen LogP contribution in [-0.4, -0.2) is 48.9 Å². The van der Waals surface area contributed by atoms with Crippen molar-refractivity contribution >= 4 is 21.2 Å². The number of alkyl halides is 2. The van der Waals surface area contributed by atoms with E-state index in [0.29, 0.717) is 6.07 Å². The molecular formula is C11H15F2N3O5S. The maximum absolute atomic E-state index is 12.5. The Kier molecular flexibility index (Phi) is 5.74. The van der Waals surface area contributed by atoms with Crippen molar-refractivity contribution in [2.75, 3.05) is 19.0 Å². The van der Waals surface area contributed by atoms with Gasteiger partial charge in [0.05, 0.1) is 15.9 Å². The van der Waals surface area contributed by atoms with E-state index in [2.05, 4.69) is 5.43 Å². The summed E-state index contributed by atoms with van der Waals surface area (Å²) in [6.45, 7) is 1.64. The van der Waals surface area contributed by atoms with Crippen molar-refractivity contribution in [1.29, 1.82) is 0 Å². The van der Waals surface area contributed by atoms with Crippen LogP contribution in [0.1, 0.15) is 6.92 Å². The Morgan fingerprint density at radius 2 is 2.05 bits per heavy atom. The molecule has 0 saturated heterocycles. The molecule has 0 amide bonds. The summed E-state index contributed by atoms with van der Waals surface area (Å²) in [6, 6.07) is 2.44. The van der Waals surface area contributed by atoms with Crippen LogP contribution in [0.4, 0.5) is 20.2 Å². The van der Waals surface area contributed by atoms with Gasteiger partial charge in [0.2, 0.25) is 9.84 Å². The standard InChI is InChI=1S/C11H15F2N3O5S/c1-7(17)6-15(2)14-9-4-3-8(5-10(9)16(18)19)22(20,21)11(12)13/h3-5,7,11,14,17H,6H2,1-2H3. The molecule has 22 heavy (non-hydrogen) atoms. The van der Waals surface area contributed by atoms with E-state index in [9.17, 15) is 32.4 Å². The first-order valence-corrected chi connectivity index (χ1v) is 7.56. The molecule has 0 bridgehead atoms. The van der Waals surface area contributed by atoms with E-state index < -0.39 is 37.2 Å². The Bertz CT molecular complexity index is 651. The van der Waals surface area contributed by atoms with Gasteiger partial charge in [-0.15, -0.1) is 0 Å². The Morgan fingerprint density at radius 1 is 1.45 bits per heavy atom. The number of hydrazine groups is 1. The molecule has 1 atom stereocenters. The molecule has 8 nitrogen and oxygen atoms in total. The first-order chi connectivity index (χ1) is 10.1. The number of hydrogen-bond acceptors (Lipinski definition) is 7. The van der Waals surface area contributed by atoms with Crippen LogP contribution < -0.4 is 5.43 Å². The van der Waals surface area contributed by atoms with E-state index in [1.807, 2.05) is 0 Å². The maximum Gasteiger partial charge on any atom is 0.341 e. The van der Waals surface area contributed by atoms with E-state index in [4.69, 9.17) is 0 Å². The predicted octanol–water partition coefficient (Wildman–Crippen LogP) is 1.23. The number of nitrogens with zero attached hydrogens (tertiary/aromatic N) is 2. The molecule has 0 fully saturated rings. The number of rotatable bonds is 7. The second-order valence-electron chi connectivity index (χ2n) is 4.58. The lowest BCUT2D eigenvalue weighted by atomic mass is 10.3. The summed E-state index contributed by atoms with van der Waals surface area (Å²) in [5.41, 5.74) is 1.83. The number of anilines is 1. The summed E-state index contributed by atoms with van der Waals surface area (Å²) in [5, 5.41) is 21.5. The first kappa shape index (κ1) is 18.2. The second-order valence-corrected chi connectivity index (χ2v) is 6.50. The smallest absolute Gasteiger partial charge is 0.341 e. The Morgan fingerprint density at radius 3 is 2.50 bits per heavy atom. The molecule has 1 aromatic carbocycles. The number of sulfone groups is 1. The minimum atomic E-state index is -4.92. The topological polar surface area (TPSA) is 113 Å². The Hall–Kier alpha value is -1.85. The third-order valence-electron chi connectivity index (χ3n) is 2.58. The summed E-state index contributed by atoms with van der Waals surface area (Å²) in [4.78, 5) is 9.27. The maximum atomic E-state index is 12.5. The quantitative estimate of drug-likeness (QED) is 0.567. The summed E-state index contributed by atoms with van der Waals surface area (Å²) in [7, 11) is -3.42. The number of hydrogen-bond donors (Lipinski definition) is 2. The molecule has 0 aliphatic heterocycles. The molecule has 1 rings (SSSR count). The minimum absolute atomic E-state index is 0.0821. The molecule has 2 N–H and O–H groups in total. The normalized spacial score (nSPS) is 13.4. The number of aliphatic hydroxyl groups excluding tert-OH is 1. The van der Waals surface area contributed by atoms with Gasteiger partial charge in [-0.25, -0.2) is 13.4 Å². The highest BCUT2D eigenvalue weighted by Gasteiger charge is 2.29.